The van der Waals surface area contributed by atoms with Crippen LogP contribution in [0.4, 0.5) is 5.69 Å². The number of carbonyl (C=O) groups is 5. The van der Waals surface area contributed by atoms with E-state index in [4.69, 9.17) is 0 Å². The molecule has 1 aliphatic heterocycles. The van der Waals surface area contributed by atoms with Gasteiger partial charge in [-0.25, -0.2) is 0 Å². The molecule has 198 valence electrons. The average molecular weight is 519 g/mol. The van der Waals surface area contributed by atoms with Crippen molar-refractivity contribution in [2.75, 3.05) is 18.4 Å². The van der Waals surface area contributed by atoms with Crippen LogP contribution in [-0.4, -0.2) is 64.1 Å². The first kappa shape index (κ1) is 29.4. The summed E-state index contributed by atoms with van der Waals surface area (Å²) in [5.41, 5.74) is 1.85. The first-order chi connectivity index (χ1) is 17.1. The van der Waals surface area contributed by atoms with Crippen molar-refractivity contribution in [3.63, 3.8) is 0 Å². The second-order valence-corrected chi connectivity index (χ2v) is 10.7. The van der Waals surface area contributed by atoms with Gasteiger partial charge >= 0.3 is 0 Å². The van der Waals surface area contributed by atoms with Crippen LogP contribution in [0.3, 0.4) is 0 Å². The van der Waals surface area contributed by atoms with Crippen molar-refractivity contribution in [3.05, 3.63) is 29.8 Å². The summed E-state index contributed by atoms with van der Waals surface area (Å²) in [5, 5.41) is 7.66. The van der Waals surface area contributed by atoms with E-state index in [0.717, 1.165) is 30.6 Å². The van der Waals surface area contributed by atoms with Crippen molar-refractivity contribution in [1.82, 2.24) is 15.5 Å². The summed E-state index contributed by atoms with van der Waals surface area (Å²) in [6, 6.07) is 6.81. The maximum absolute atomic E-state index is 12.5. The summed E-state index contributed by atoms with van der Waals surface area (Å²) in [6.07, 6.45) is 4.19. The lowest BCUT2D eigenvalue weighted by atomic mass is 10.1. The van der Waals surface area contributed by atoms with Crippen LogP contribution >= 0.6 is 11.8 Å². The molecule has 1 saturated heterocycles. The molecular weight excluding hydrogens is 480 g/mol. The number of anilines is 1. The van der Waals surface area contributed by atoms with Gasteiger partial charge in [0.1, 0.15) is 6.04 Å². The van der Waals surface area contributed by atoms with E-state index in [1.54, 1.807) is 6.92 Å². The van der Waals surface area contributed by atoms with E-state index in [1.807, 2.05) is 38.1 Å². The van der Waals surface area contributed by atoms with E-state index in [9.17, 15) is 24.0 Å². The predicted molar refractivity (Wildman–Crippen MR) is 141 cm³/mol. The normalized spacial score (nSPS) is 17.0. The molecule has 0 spiro atoms. The number of unbranched alkanes of at least 4 members (excludes halogenated alkanes) is 1. The largest absolute Gasteiger partial charge is 0.347 e. The molecule has 3 unspecified atom stereocenters. The minimum atomic E-state index is -0.797. The van der Waals surface area contributed by atoms with Crippen LogP contribution in [0.25, 0.3) is 0 Å². The molecule has 5 amide bonds. The maximum atomic E-state index is 12.5. The van der Waals surface area contributed by atoms with Gasteiger partial charge in [-0.3, -0.25) is 28.9 Å². The third-order valence-electron chi connectivity index (χ3n) is 5.99. The first-order valence-electron chi connectivity index (χ1n) is 12.6. The van der Waals surface area contributed by atoms with Crippen molar-refractivity contribution in [2.24, 2.45) is 0 Å². The summed E-state index contributed by atoms with van der Waals surface area (Å²) >= 11 is 1.48. The standard InChI is InChI=1S/C26H38N4O5S/c1-5-7-8-19-9-11-20(12-10-19)29-25(34)18(4)28-23(32)16-27-22(31)13-14-30-24(33)15-21(26(30)35)36-17(3)6-2/h9-12,17-18,21H,5-8,13-16H2,1-4H3,(H,27,31)(H,28,32)(H,29,34). The first-order valence-corrected chi connectivity index (χ1v) is 13.5. The highest BCUT2D eigenvalue weighted by molar-refractivity contribution is 8.01. The van der Waals surface area contributed by atoms with Gasteiger partial charge in [-0.05, 0) is 43.9 Å². The summed E-state index contributed by atoms with van der Waals surface area (Å²) in [5.74, 6) is -1.87. The van der Waals surface area contributed by atoms with Gasteiger partial charge in [-0.15, -0.1) is 11.8 Å². The summed E-state index contributed by atoms with van der Waals surface area (Å²) in [6.45, 7) is 7.41. The topological polar surface area (TPSA) is 125 Å². The van der Waals surface area contributed by atoms with E-state index in [-0.39, 0.29) is 48.9 Å². The SMILES string of the molecule is CCCCc1ccc(NC(=O)C(C)NC(=O)CNC(=O)CCN2C(=O)CC(SC(C)CC)C2=O)cc1. The van der Waals surface area contributed by atoms with Crippen LogP contribution < -0.4 is 16.0 Å². The monoisotopic (exact) mass is 518 g/mol. The molecule has 1 aromatic rings. The van der Waals surface area contributed by atoms with Gasteiger partial charge in [-0.1, -0.05) is 39.3 Å². The molecule has 0 radical (unpaired) electrons. The Morgan fingerprint density at radius 2 is 1.78 bits per heavy atom. The molecule has 0 aliphatic carbocycles. The molecule has 1 heterocycles. The molecule has 0 saturated carbocycles. The summed E-state index contributed by atoms with van der Waals surface area (Å²) in [4.78, 5) is 62.5. The maximum Gasteiger partial charge on any atom is 0.246 e. The highest BCUT2D eigenvalue weighted by Gasteiger charge is 2.39. The number of hydrogen-bond acceptors (Lipinski definition) is 6. The van der Waals surface area contributed by atoms with E-state index in [0.29, 0.717) is 5.69 Å². The zero-order valence-electron chi connectivity index (χ0n) is 21.6. The lowest BCUT2D eigenvalue weighted by Gasteiger charge is -2.16. The lowest BCUT2D eigenvalue weighted by Crippen LogP contribution is -2.46. The number of rotatable bonds is 14. The second-order valence-electron chi connectivity index (χ2n) is 9.04. The van der Waals surface area contributed by atoms with Crippen molar-refractivity contribution in [2.45, 2.75) is 82.8 Å². The number of thioether (sulfide) groups is 1. The van der Waals surface area contributed by atoms with Crippen LogP contribution in [0.5, 0.6) is 0 Å². The van der Waals surface area contributed by atoms with E-state index in [2.05, 4.69) is 22.9 Å². The van der Waals surface area contributed by atoms with Crippen LogP contribution in [0.2, 0.25) is 0 Å². The fraction of sp³-hybridized carbons (Fsp3) is 0.577. The van der Waals surface area contributed by atoms with E-state index < -0.39 is 23.1 Å². The number of aryl methyl sites for hydroxylation is 1. The fourth-order valence-electron chi connectivity index (χ4n) is 3.60. The molecule has 0 bridgehead atoms. The zero-order chi connectivity index (χ0) is 26.7. The third-order valence-corrected chi connectivity index (χ3v) is 7.49. The van der Waals surface area contributed by atoms with Gasteiger partial charge in [0.2, 0.25) is 29.5 Å². The summed E-state index contributed by atoms with van der Waals surface area (Å²) in [7, 11) is 0. The third kappa shape index (κ3) is 9.29. The molecule has 10 heteroatoms. The Morgan fingerprint density at radius 1 is 1.08 bits per heavy atom. The number of amides is 5. The van der Waals surface area contributed by atoms with Crippen LogP contribution in [-0.2, 0) is 30.4 Å². The van der Waals surface area contributed by atoms with Gasteiger partial charge in [0.15, 0.2) is 0 Å². The average Bonchev–Trinajstić information content (AvgIpc) is 3.12. The van der Waals surface area contributed by atoms with Crippen molar-refractivity contribution in [3.8, 4) is 0 Å². The second kappa shape index (κ2) is 14.6. The number of benzene rings is 1. The van der Waals surface area contributed by atoms with Gasteiger partial charge < -0.3 is 16.0 Å². The molecule has 3 atom stereocenters. The Hall–Kier alpha value is -2.88. The molecular formula is C26H38N4O5S. The molecule has 9 nitrogen and oxygen atoms in total. The van der Waals surface area contributed by atoms with Gasteiger partial charge in [-0.2, -0.15) is 0 Å². The van der Waals surface area contributed by atoms with Crippen molar-refractivity contribution >= 4 is 47.0 Å². The molecule has 36 heavy (non-hydrogen) atoms. The van der Waals surface area contributed by atoms with E-state index >= 15 is 0 Å². The minimum Gasteiger partial charge on any atom is -0.347 e. The zero-order valence-corrected chi connectivity index (χ0v) is 22.4. The molecule has 1 aliphatic rings. The van der Waals surface area contributed by atoms with Crippen LogP contribution in [0.1, 0.15) is 65.4 Å². The summed E-state index contributed by atoms with van der Waals surface area (Å²) < 4.78 is 0. The van der Waals surface area contributed by atoms with Gasteiger partial charge in [0, 0.05) is 30.3 Å². The number of imide groups is 1. The molecule has 0 aromatic heterocycles. The smallest absolute Gasteiger partial charge is 0.246 e. The highest BCUT2D eigenvalue weighted by Crippen LogP contribution is 2.29. The molecule has 2 rings (SSSR count). The van der Waals surface area contributed by atoms with Gasteiger partial charge in [0.05, 0.1) is 11.8 Å². The number of hydrogen-bond donors (Lipinski definition) is 3. The minimum absolute atomic E-state index is 0.0152. The Balaban J connectivity index is 1.70. The fourth-order valence-corrected chi connectivity index (χ4v) is 4.83. The highest BCUT2D eigenvalue weighted by atomic mass is 32.2. The number of carbonyl (C=O) groups excluding carboxylic acids is 5. The Kier molecular flexibility index (Phi) is 11.9. The Labute approximate surface area is 217 Å². The van der Waals surface area contributed by atoms with Crippen molar-refractivity contribution < 1.29 is 24.0 Å². The molecule has 3 N–H and O–H groups in total. The number of nitrogens with zero attached hydrogens (tertiary/aromatic N) is 1. The molecule has 1 fully saturated rings. The van der Waals surface area contributed by atoms with E-state index in [1.165, 1.54) is 17.3 Å². The number of nitrogens with one attached hydrogen (secondary N) is 3. The Morgan fingerprint density at radius 3 is 2.42 bits per heavy atom. The van der Waals surface area contributed by atoms with Crippen LogP contribution in [0, 0.1) is 0 Å². The quantitative estimate of drug-likeness (QED) is 0.325. The Bertz CT molecular complexity index is 937. The lowest BCUT2D eigenvalue weighted by molar-refractivity contribution is -0.138. The predicted octanol–water partition coefficient (Wildman–Crippen LogP) is 2.64. The van der Waals surface area contributed by atoms with Gasteiger partial charge in [0.25, 0.3) is 0 Å². The molecule has 1 aromatic carbocycles. The number of likely N-dealkylation sites (tertiary alicyclic amines) is 1. The van der Waals surface area contributed by atoms with Crippen LogP contribution in [0.15, 0.2) is 24.3 Å². The van der Waals surface area contributed by atoms with Crippen molar-refractivity contribution in [1.29, 1.82) is 0 Å².